The predicted octanol–water partition coefficient (Wildman–Crippen LogP) is 2.84. The van der Waals surface area contributed by atoms with E-state index in [1.54, 1.807) is 18.5 Å². The van der Waals surface area contributed by atoms with Crippen LogP contribution in [0.4, 0.5) is 5.69 Å². The highest BCUT2D eigenvalue weighted by atomic mass is 16.5. The highest BCUT2D eigenvalue weighted by Crippen LogP contribution is 2.13. The van der Waals surface area contributed by atoms with Gasteiger partial charge in [-0.3, -0.25) is 9.78 Å². The summed E-state index contributed by atoms with van der Waals surface area (Å²) in [4.78, 5) is 16.2. The van der Waals surface area contributed by atoms with Crippen LogP contribution in [0.15, 0.2) is 18.5 Å². The smallest absolute Gasteiger partial charge is 0.253 e. The molecular weight excluding hydrogens is 266 g/mol. The molecule has 0 aliphatic carbocycles. The Kier molecular flexibility index (Phi) is 8.43. The van der Waals surface area contributed by atoms with Crippen molar-refractivity contribution in [2.75, 3.05) is 25.0 Å². The van der Waals surface area contributed by atoms with E-state index in [9.17, 15) is 4.79 Å². The molecule has 0 aliphatic heterocycles. The fourth-order valence-corrected chi connectivity index (χ4v) is 1.84. The van der Waals surface area contributed by atoms with Crippen LogP contribution in [0.25, 0.3) is 0 Å². The molecule has 21 heavy (non-hydrogen) atoms. The summed E-state index contributed by atoms with van der Waals surface area (Å²) in [5.41, 5.74) is 1.44. The van der Waals surface area contributed by atoms with Crippen LogP contribution in [0, 0.1) is 0 Å². The Bertz CT molecular complexity index is 422. The number of unbranched alkanes of at least 4 members (excludes halogenated alkanes) is 1. The number of hydrogen-bond donors (Lipinski definition) is 2. The van der Waals surface area contributed by atoms with E-state index in [0.717, 1.165) is 38.1 Å². The van der Waals surface area contributed by atoms with Gasteiger partial charge >= 0.3 is 0 Å². The second-order valence-corrected chi connectivity index (χ2v) is 5.23. The van der Waals surface area contributed by atoms with Gasteiger partial charge in [-0.25, -0.2) is 0 Å². The largest absolute Gasteiger partial charge is 0.383 e. The molecule has 0 bridgehead atoms. The van der Waals surface area contributed by atoms with Crippen LogP contribution in [0.3, 0.4) is 0 Å². The highest BCUT2D eigenvalue weighted by molar-refractivity contribution is 5.99. The number of carbonyl (C=O) groups excluding carboxylic acids is 1. The van der Waals surface area contributed by atoms with Crippen molar-refractivity contribution in [1.82, 2.24) is 10.3 Å². The van der Waals surface area contributed by atoms with Gasteiger partial charge < -0.3 is 15.4 Å². The lowest BCUT2D eigenvalue weighted by molar-refractivity contribution is 0.0754. The number of anilines is 1. The Morgan fingerprint density at radius 1 is 1.33 bits per heavy atom. The summed E-state index contributed by atoms with van der Waals surface area (Å²) in [5.74, 6) is -0.0548. The number of nitrogens with one attached hydrogen (secondary N) is 2. The van der Waals surface area contributed by atoms with E-state index < -0.39 is 0 Å². The molecule has 1 aromatic heterocycles. The molecule has 0 saturated heterocycles. The molecule has 0 radical (unpaired) electrons. The number of ether oxygens (including phenoxy) is 1. The van der Waals surface area contributed by atoms with Crippen molar-refractivity contribution < 1.29 is 9.53 Å². The Morgan fingerprint density at radius 2 is 2.14 bits per heavy atom. The van der Waals surface area contributed by atoms with Crippen molar-refractivity contribution in [2.45, 2.75) is 46.1 Å². The number of hydrogen-bond acceptors (Lipinski definition) is 4. The Morgan fingerprint density at radius 3 is 2.86 bits per heavy atom. The maximum absolute atomic E-state index is 12.2. The van der Waals surface area contributed by atoms with E-state index in [-0.39, 0.29) is 12.0 Å². The third kappa shape index (κ3) is 7.09. The number of pyridine rings is 1. The number of amides is 1. The topological polar surface area (TPSA) is 63.2 Å². The van der Waals surface area contributed by atoms with E-state index in [0.29, 0.717) is 12.1 Å². The zero-order chi connectivity index (χ0) is 15.5. The lowest BCUT2D eigenvalue weighted by Gasteiger charge is -2.11. The summed E-state index contributed by atoms with van der Waals surface area (Å²) in [7, 11) is 0. The first-order valence-corrected chi connectivity index (χ1v) is 7.72. The minimum atomic E-state index is -0.0548. The Balaban J connectivity index is 2.34. The lowest BCUT2D eigenvalue weighted by Crippen LogP contribution is -2.26. The number of aromatic nitrogens is 1. The molecule has 0 unspecified atom stereocenters. The maximum atomic E-state index is 12.2. The zero-order valence-electron chi connectivity index (χ0n) is 13.3. The molecule has 0 spiro atoms. The zero-order valence-corrected chi connectivity index (χ0v) is 13.3. The molecule has 1 rings (SSSR count). The van der Waals surface area contributed by atoms with Crippen LogP contribution < -0.4 is 10.6 Å². The summed E-state index contributed by atoms with van der Waals surface area (Å²) in [5, 5.41) is 6.17. The van der Waals surface area contributed by atoms with Gasteiger partial charge in [0.1, 0.15) is 0 Å². The lowest BCUT2D eigenvalue weighted by atomic mass is 10.2. The molecular formula is C16H27N3O2. The summed E-state index contributed by atoms with van der Waals surface area (Å²) in [6.45, 7) is 8.37. The maximum Gasteiger partial charge on any atom is 0.253 e. The SMILES string of the molecule is CCCNc1cnccc1C(=O)NCCCCOC(C)C. The average molecular weight is 293 g/mol. The molecule has 0 aliphatic rings. The molecule has 1 amide bonds. The average Bonchev–Trinajstić information content (AvgIpc) is 2.48. The van der Waals surface area contributed by atoms with Crippen molar-refractivity contribution in [3.05, 3.63) is 24.0 Å². The van der Waals surface area contributed by atoms with Gasteiger partial charge in [-0.05, 0) is 39.2 Å². The van der Waals surface area contributed by atoms with Crippen molar-refractivity contribution >= 4 is 11.6 Å². The molecule has 5 heteroatoms. The van der Waals surface area contributed by atoms with Crippen LogP contribution in [-0.2, 0) is 4.74 Å². The van der Waals surface area contributed by atoms with Crippen LogP contribution in [0.1, 0.15) is 50.4 Å². The summed E-state index contributed by atoms with van der Waals surface area (Å²) in [6, 6.07) is 1.75. The summed E-state index contributed by atoms with van der Waals surface area (Å²) >= 11 is 0. The minimum Gasteiger partial charge on any atom is -0.383 e. The van der Waals surface area contributed by atoms with Gasteiger partial charge in [0.25, 0.3) is 5.91 Å². The number of rotatable bonds is 10. The van der Waals surface area contributed by atoms with Crippen molar-refractivity contribution in [3.63, 3.8) is 0 Å². The van der Waals surface area contributed by atoms with Crippen LogP contribution in [-0.4, -0.2) is 36.7 Å². The Hall–Kier alpha value is -1.62. The summed E-state index contributed by atoms with van der Waals surface area (Å²) < 4.78 is 5.47. The standard InChI is InChI=1S/C16H27N3O2/c1-4-8-18-15-12-17-10-7-14(15)16(20)19-9-5-6-11-21-13(2)3/h7,10,12-13,18H,4-6,8-9,11H2,1-3H3,(H,19,20). The molecule has 118 valence electrons. The molecule has 0 aromatic carbocycles. The van der Waals surface area contributed by atoms with E-state index in [1.807, 2.05) is 13.8 Å². The molecule has 0 atom stereocenters. The quantitative estimate of drug-likeness (QED) is 0.651. The van der Waals surface area contributed by atoms with Crippen LogP contribution in [0.2, 0.25) is 0 Å². The van der Waals surface area contributed by atoms with E-state index in [2.05, 4.69) is 22.5 Å². The van der Waals surface area contributed by atoms with E-state index in [4.69, 9.17) is 4.74 Å². The van der Waals surface area contributed by atoms with Crippen molar-refractivity contribution in [3.8, 4) is 0 Å². The Labute approximate surface area is 127 Å². The van der Waals surface area contributed by atoms with Gasteiger partial charge in [0.15, 0.2) is 0 Å². The van der Waals surface area contributed by atoms with E-state index >= 15 is 0 Å². The van der Waals surface area contributed by atoms with Crippen LogP contribution >= 0.6 is 0 Å². The van der Waals surface area contributed by atoms with Gasteiger partial charge in [-0.15, -0.1) is 0 Å². The summed E-state index contributed by atoms with van der Waals surface area (Å²) in [6.07, 6.45) is 6.48. The number of carbonyl (C=O) groups is 1. The first-order chi connectivity index (χ1) is 10.1. The first kappa shape index (κ1) is 17.4. The third-order valence-electron chi connectivity index (χ3n) is 2.94. The fourth-order valence-electron chi connectivity index (χ4n) is 1.84. The predicted molar refractivity (Wildman–Crippen MR) is 85.7 cm³/mol. The van der Waals surface area contributed by atoms with Crippen LogP contribution in [0.5, 0.6) is 0 Å². The van der Waals surface area contributed by atoms with Gasteiger partial charge in [0, 0.05) is 25.9 Å². The molecule has 1 aromatic rings. The number of nitrogens with zero attached hydrogens (tertiary/aromatic N) is 1. The van der Waals surface area contributed by atoms with Crippen molar-refractivity contribution in [1.29, 1.82) is 0 Å². The van der Waals surface area contributed by atoms with Gasteiger partial charge in [0.2, 0.25) is 0 Å². The minimum absolute atomic E-state index is 0.0548. The first-order valence-electron chi connectivity index (χ1n) is 7.72. The normalized spacial score (nSPS) is 10.7. The van der Waals surface area contributed by atoms with E-state index in [1.165, 1.54) is 0 Å². The second kappa shape index (κ2) is 10.2. The second-order valence-electron chi connectivity index (χ2n) is 5.23. The molecule has 0 fully saturated rings. The third-order valence-corrected chi connectivity index (χ3v) is 2.94. The molecule has 2 N–H and O–H groups in total. The molecule has 5 nitrogen and oxygen atoms in total. The van der Waals surface area contributed by atoms with Gasteiger partial charge in [0.05, 0.1) is 23.6 Å². The fraction of sp³-hybridized carbons (Fsp3) is 0.625. The highest BCUT2D eigenvalue weighted by Gasteiger charge is 2.10. The molecule has 0 saturated carbocycles. The molecule has 1 heterocycles. The monoisotopic (exact) mass is 293 g/mol. The van der Waals surface area contributed by atoms with Crippen molar-refractivity contribution in [2.24, 2.45) is 0 Å². The van der Waals surface area contributed by atoms with Gasteiger partial charge in [-0.2, -0.15) is 0 Å². The van der Waals surface area contributed by atoms with Gasteiger partial charge in [-0.1, -0.05) is 6.92 Å².